The fourth-order valence-electron chi connectivity index (χ4n) is 2.28. The van der Waals surface area contributed by atoms with Crippen LogP contribution in [0, 0.1) is 11.3 Å². The summed E-state index contributed by atoms with van der Waals surface area (Å²) in [5, 5.41) is 9.10. The second-order valence-electron chi connectivity index (χ2n) is 4.17. The number of aromatic nitrogens is 2. The maximum atomic E-state index is 12.1. The zero-order valence-corrected chi connectivity index (χ0v) is 11.1. The maximum Gasteiger partial charge on any atom is 0.268 e. The highest BCUT2D eigenvalue weighted by Crippen LogP contribution is 2.23. The number of rotatable bonds is 3. The van der Waals surface area contributed by atoms with E-state index in [2.05, 4.69) is 4.98 Å². The molecule has 96 valence electrons. The first-order chi connectivity index (χ1) is 9.22. The molecule has 4 nitrogen and oxygen atoms in total. The third kappa shape index (κ3) is 2.27. The molecule has 4 heteroatoms. The van der Waals surface area contributed by atoms with E-state index in [4.69, 9.17) is 5.26 Å². The molecule has 0 radical (unpaired) electrons. The molecule has 0 saturated carbocycles. The van der Waals surface area contributed by atoms with Crippen molar-refractivity contribution < 1.29 is 0 Å². The minimum absolute atomic E-state index is 0.186. The quantitative estimate of drug-likeness (QED) is 0.843. The van der Waals surface area contributed by atoms with Crippen molar-refractivity contribution in [2.75, 3.05) is 0 Å². The number of hydrogen-bond donors (Lipinski definition) is 0. The summed E-state index contributed by atoms with van der Waals surface area (Å²) in [7, 11) is 0. The van der Waals surface area contributed by atoms with Crippen molar-refractivity contribution in [1.82, 2.24) is 9.55 Å². The van der Waals surface area contributed by atoms with Crippen LogP contribution in [0.1, 0.15) is 25.1 Å². The fourth-order valence-corrected chi connectivity index (χ4v) is 2.28. The SMILES string of the molecule is CCc1c(-c2ccncc2)cc(C#N)c(=O)n1CC. The van der Waals surface area contributed by atoms with Gasteiger partial charge >= 0.3 is 0 Å². The molecule has 0 amide bonds. The average molecular weight is 253 g/mol. The molecular formula is C15H15N3O. The van der Waals surface area contributed by atoms with Crippen molar-refractivity contribution in [2.45, 2.75) is 26.8 Å². The minimum Gasteiger partial charge on any atom is -0.311 e. The van der Waals surface area contributed by atoms with Crippen LogP contribution in [-0.4, -0.2) is 9.55 Å². The molecule has 0 aliphatic carbocycles. The van der Waals surface area contributed by atoms with Gasteiger partial charge in [-0.05, 0) is 37.1 Å². The van der Waals surface area contributed by atoms with E-state index in [0.29, 0.717) is 6.54 Å². The molecular weight excluding hydrogens is 238 g/mol. The normalized spacial score (nSPS) is 10.2. The highest BCUT2D eigenvalue weighted by atomic mass is 16.1. The molecule has 0 aromatic carbocycles. The van der Waals surface area contributed by atoms with Crippen molar-refractivity contribution in [2.24, 2.45) is 0 Å². The molecule has 0 atom stereocenters. The first kappa shape index (κ1) is 13.0. The third-order valence-electron chi connectivity index (χ3n) is 3.16. The van der Waals surface area contributed by atoms with Crippen molar-refractivity contribution in [3.8, 4) is 17.2 Å². The second kappa shape index (κ2) is 5.49. The molecule has 0 N–H and O–H groups in total. The van der Waals surface area contributed by atoms with Gasteiger partial charge in [0, 0.05) is 30.2 Å². The summed E-state index contributed by atoms with van der Waals surface area (Å²) in [6.07, 6.45) is 4.16. The molecule has 0 unspecified atom stereocenters. The summed E-state index contributed by atoms with van der Waals surface area (Å²) in [6, 6.07) is 7.44. The van der Waals surface area contributed by atoms with Crippen molar-refractivity contribution in [3.63, 3.8) is 0 Å². The Morgan fingerprint density at radius 3 is 2.53 bits per heavy atom. The standard InChI is InChI=1S/C15H15N3O/c1-3-14-13(11-5-7-17-8-6-11)9-12(10-16)15(19)18(14)4-2/h5-9H,3-4H2,1-2H3. The average Bonchev–Trinajstić information content (AvgIpc) is 2.47. The number of hydrogen-bond acceptors (Lipinski definition) is 3. The van der Waals surface area contributed by atoms with Crippen molar-refractivity contribution in [1.29, 1.82) is 5.26 Å². The van der Waals surface area contributed by atoms with Gasteiger partial charge in [-0.1, -0.05) is 6.92 Å². The van der Waals surface area contributed by atoms with Crippen LogP contribution in [0.4, 0.5) is 0 Å². The van der Waals surface area contributed by atoms with E-state index < -0.39 is 0 Å². The van der Waals surface area contributed by atoms with Crippen LogP contribution in [-0.2, 0) is 13.0 Å². The summed E-state index contributed by atoms with van der Waals surface area (Å²) in [5.41, 5.74) is 2.84. The Labute approximate surface area is 112 Å². The zero-order chi connectivity index (χ0) is 13.8. The molecule has 2 aromatic rings. The smallest absolute Gasteiger partial charge is 0.268 e. The number of nitriles is 1. The summed E-state index contributed by atoms with van der Waals surface area (Å²) in [4.78, 5) is 16.1. The number of pyridine rings is 2. The van der Waals surface area contributed by atoms with E-state index >= 15 is 0 Å². The molecule has 0 aliphatic rings. The van der Waals surface area contributed by atoms with E-state index in [1.54, 1.807) is 23.0 Å². The highest BCUT2D eigenvalue weighted by molar-refractivity contribution is 5.67. The lowest BCUT2D eigenvalue weighted by Crippen LogP contribution is -2.25. The number of nitrogens with zero attached hydrogens (tertiary/aromatic N) is 3. The first-order valence-corrected chi connectivity index (χ1v) is 6.30. The van der Waals surface area contributed by atoms with Gasteiger partial charge in [-0.3, -0.25) is 9.78 Å². The van der Waals surface area contributed by atoms with Gasteiger partial charge in [-0.15, -0.1) is 0 Å². The van der Waals surface area contributed by atoms with Gasteiger partial charge in [0.25, 0.3) is 5.56 Å². The Kier molecular flexibility index (Phi) is 3.76. The van der Waals surface area contributed by atoms with Gasteiger partial charge < -0.3 is 4.57 Å². The van der Waals surface area contributed by atoms with Gasteiger partial charge in [0.1, 0.15) is 11.6 Å². The Balaban J connectivity index is 2.81. The van der Waals surface area contributed by atoms with Crippen LogP contribution in [0.3, 0.4) is 0 Å². The zero-order valence-electron chi connectivity index (χ0n) is 11.1. The summed E-state index contributed by atoms with van der Waals surface area (Å²) in [5.74, 6) is 0. The predicted molar refractivity (Wildman–Crippen MR) is 73.7 cm³/mol. The topological polar surface area (TPSA) is 58.7 Å². The fraction of sp³-hybridized carbons (Fsp3) is 0.267. The molecule has 0 aliphatic heterocycles. The highest BCUT2D eigenvalue weighted by Gasteiger charge is 2.13. The van der Waals surface area contributed by atoms with Crippen molar-refractivity contribution >= 4 is 0 Å². The lowest BCUT2D eigenvalue weighted by Gasteiger charge is -2.15. The van der Waals surface area contributed by atoms with Crippen LogP contribution in [0.5, 0.6) is 0 Å². The molecule has 0 spiro atoms. The van der Waals surface area contributed by atoms with Crippen LogP contribution in [0.2, 0.25) is 0 Å². The van der Waals surface area contributed by atoms with E-state index in [-0.39, 0.29) is 11.1 Å². The Hall–Kier alpha value is -2.41. The lowest BCUT2D eigenvalue weighted by molar-refractivity contribution is 0.681. The second-order valence-corrected chi connectivity index (χ2v) is 4.17. The third-order valence-corrected chi connectivity index (χ3v) is 3.16. The summed E-state index contributed by atoms with van der Waals surface area (Å²) >= 11 is 0. The van der Waals surface area contributed by atoms with Gasteiger partial charge in [-0.2, -0.15) is 5.26 Å². The van der Waals surface area contributed by atoms with Crippen LogP contribution in [0.15, 0.2) is 35.4 Å². The van der Waals surface area contributed by atoms with Crippen LogP contribution >= 0.6 is 0 Å². The molecule has 0 bridgehead atoms. The predicted octanol–water partition coefficient (Wildman–Crippen LogP) is 2.36. The first-order valence-electron chi connectivity index (χ1n) is 6.30. The van der Waals surface area contributed by atoms with Crippen LogP contribution in [0.25, 0.3) is 11.1 Å². The molecule has 2 aromatic heterocycles. The molecule has 0 saturated heterocycles. The molecule has 0 fully saturated rings. The van der Waals surface area contributed by atoms with E-state index in [1.165, 1.54) is 0 Å². The van der Waals surface area contributed by atoms with E-state index in [1.807, 2.05) is 32.0 Å². The summed E-state index contributed by atoms with van der Waals surface area (Å²) in [6.45, 7) is 4.49. The molecule has 19 heavy (non-hydrogen) atoms. The van der Waals surface area contributed by atoms with Crippen LogP contribution < -0.4 is 5.56 Å². The Bertz CT molecular complexity index is 681. The maximum absolute atomic E-state index is 12.1. The summed E-state index contributed by atoms with van der Waals surface area (Å²) < 4.78 is 1.67. The van der Waals surface area contributed by atoms with Gasteiger partial charge in [-0.25, -0.2) is 0 Å². The van der Waals surface area contributed by atoms with Gasteiger partial charge in [0.15, 0.2) is 0 Å². The Morgan fingerprint density at radius 1 is 1.32 bits per heavy atom. The van der Waals surface area contributed by atoms with Gasteiger partial charge in [0.2, 0.25) is 0 Å². The lowest BCUT2D eigenvalue weighted by atomic mass is 10.0. The van der Waals surface area contributed by atoms with Crippen molar-refractivity contribution in [3.05, 3.63) is 52.2 Å². The monoisotopic (exact) mass is 253 g/mol. The Morgan fingerprint density at radius 2 is 2.00 bits per heavy atom. The molecule has 2 rings (SSSR count). The molecule has 2 heterocycles. The van der Waals surface area contributed by atoms with E-state index in [9.17, 15) is 4.79 Å². The van der Waals surface area contributed by atoms with E-state index in [0.717, 1.165) is 23.2 Å². The van der Waals surface area contributed by atoms with Gasteiger partial charge in [0.05, 0.1) is 0 Å². The largest absolute Gasteiger partial charge is 0.311 e. The minimum atomic E-state index is -0.209.